The molecule has 0 saturated heterocycles. The molecule has 2 aromatic carbocycles. The molecule has 0 bridgehead atoms. The van der Waals surface area contributed by atoms with Crippen molar-refractivity contribution >= 4 is 37.5 Å². The van der Waals surface area contributed by atoms with Gasteiger partial charge >= 0.3 is 0 Å². The smallest absolute Gasteiger partial charge is 0.279 e. The maximum absolute atomic E-state index is 14.3. The fourth-order valence-corrected chi connectivity index (χ4v) is 5.74. The van der Waals surface area contributed by atoms with Crippen molar-refractivity contribution in [1.29, 1.82) is 10.5 Å². The van der Waals surface area contributed by atoms with Crippen LogP contribution >= 0.6 is 11.3 Å². The third-order valence-electron chi connectivity index (χ3n) is 4.85. The number of nitrogens with zero attached hydrogens (tertiary/aromatic N) is 5. The minimum atomic E-state index is -3.95. The first-order valence-electron chi connectivity index (χ1n) is 10.2. The molecule has 0 aliphatic rings. The van der Waals surface area contributed by atoms with E-state index in [1.807, 2.05) is 12.1 Å². The number of hydrogen-bond donors (Lipinski definition) is 0. The lowest BCUT2D eigenvalue weighted by atomic mass is 10.2. The van der Waals surface area contributed by atoms with Crippen molar-refractivity contribution in [3.63, 3.8) is 0 Å². The summed E-state index contributed by atoms with van der Waals surface area (Å²) in [7, 11) is -3.95. The standard InChI is InChI=1S/C23H20FN5O3S2/c1-2-14-29-21-19(24)6-3-7-20(21)33-23(29)27-22(30)17-8-10-18(11-9-17)34(31,32)28(15-4-12-25)16-5-13-26/h2-3,6-11H,1,4-5,14-16H2. The molecule has 0 unspecified atom stereocenters. The number of carbonyl (C=O) groups is 1. The third-order valence-corrected chi connectivity index (χ3v) is 7.80. The molecule has 0 radical (unpaired) electrons. The van der Waals surface area contributed by atoms with E-state index in [4.69, 9.17) is 10.5 Å². The molecule has 0 saturated carbocycles. The fourth-order valence-electron chi connectivity index (χ4n) is 3.24. The molecule has 0 N–H and O–H groups in total. The van der Waals surface area contributed by atoms with Crippen LogP contribution in [0.2, 0.25) is 0 Å². The third kappa shape index (κ3) is 5.29. The molecule has 3 rings (SSSR count). The van der Waals surface area contributed by atoms with E-state index in [0.29, 0.717) is 15.0 Å². The van der Waals surface area contributed by atoms with E-state index in [1.165, 1.54) is 30.3 Å². The lowest BCUT2D eigenvalue weighted by Crippen LogP contribution is -2.32. The Bertz CT molecular complexity index is 1460. The Morgan fingerprint density at radius 3 is 2.38 bits per heavy atom. The number of carbonyl (C=O) groups excluding carboxylic acids is 1. The topological polar surface area (TPSA) is 119 Å². The first-order valence-corrected chi connectivity index (χ1v) is 12.4. The maximum Gasteiger partial charge on any atom is 0.279 e. The quantitative estimate of drug-likeness (QED) is 0.419. The van der Waals surface area contributed by atoms with Crippen molar-refractivity contribution in [3.8, 4) is 12.1 Å². The number of sulfonamides is 1. The van der Waals surface area contributed by atoms with Crippen LogP contribution in [0.15, 0.2) is 65.0 Å². The summed E-state index contributed by atoms with van der Waals surface area (Å²) in [5.74, 6) is -1.05. The maximum atomic E-state index is 14.3. The van der Waals surface area contributed by atoms with Gasteiger partial charge in [0.25, 0.3) is 5.91 Å². The number of fused-ring (bicyclic) bond motifs is 1. The molecule has 1 heterocycles. The van der Waals surface area contributed by atoms with Gasteiger partial charge in [-0.2, -0.15) is 19.8 Å². The largest absolute Gasteiger partial charge is 0.310 e. The van der Waals surface area contributed by atoms with E-state index in [0.717, 1.165) is 15.6 Å². The molecular formula is C23H20FN5O3S2. The normalized spacial score (nSPS) is 11.9. The zero-order valence-corrected chi connectivity index (χ0v) is 19.6. The van der Waals surface area contributed by atoms with Crippen molar-refractivity contribution < 1.29 is 17.6 Å². The second-order valence-electron chi connectivity index (χ2n) is 7.03. The van der Waals surface area contributed by atoms with E-state index >= 15 is 0 Å². The molecule has 0 aliphatic heterocycles. The minimum absolute atomic E-state index is 0.0133. The molecular weight excluding hydrogens is 477 g/mol. The van der Waals surface area contributed by atoms with Crippen LogP contribution in [-0.4, -0.2) is 36.3 Å². The van der Waals surface area contributed by atoms with Crippen molar-refractivity contribution in [1.82, 2.24) is 8.87 Å². The van der Waals surface area contributed by atoms with Gasteiger partial charge in [0.1, 0.15) is 5.82 Å². The molecule has 174 valence electrons. The molecule has 1 aromatic heterocycles. The Morgan fingerprint density at radius 1 is 1.15 bits per heavy atom. The molecule has 8 nitrogen and oxygen atoms in total. The summed E-state index contributed by atoms with van der Waals surface area (Å²) < 4.78 is 43.4. The number of amides is 1. The number of thiazole rings is 1. The molecule has 0 aliphatic carbocycles. The number of aromatic nitrogens is 1. The van der Waals surface area contributed by atoms with Crippen LogP contribution in [0.3, 0.4) is 0 Å². The zero-order chi connectivity index (χ0) is 24.7. The number of rotatable bonds is 9. The highest BCUT2D eigenvalue weighted by atomic mass is 32.2. The summed E-state index contributed by atoms with van der Waals surface area (Å²) in [4.78, 5) is 17.1. The van der Waals surface area contributed by atoms with Gasteiger partial charge in [-0.1, -0.05) is 23.5 Å². The Hall–Kier alpha value is -3.64. The van der Waals surface area contributed by atoms with Crippen LogP contribution in [0.1, 0.15) is 23.2 Å². The average molecular weight is 498 g/mol. The number of benzene rings is 2. The van der Waals surface area contributed by atoms with Gasteiger partial charge in [-0.3, -0.25) is 4.79 Å². The minimum Gasteiger partial charge on any atom is -0.310 e. The number of para-hydroxylation sites is 1. The number of allylic oxidation sites excluding steroid dienone is 1. The molecule has 1 amide bonds. The van der Waals surface area contributed by atoms with Crippen LogP contribution in [0.25, 0.3) is 10.2 Å². The zero-order valence-electron chi connectivity index (χ0n) is 18.0. The molecule has 0 fully saturated rings. The lowest BCUT2D eigenvalue weighted by Gasteiger charge is -2.20. The SMILES string of the molecule is C=CCn1c(=NC(=O)c2ccc(S(=O)(=O)N(CCC#N)CCC#N)cc2)sc2cccc(F)c21. The van der Waals surface area contributed by atoms with Crippen LogP contribution in [0.5, 0.6) is 0 Å². The second-order valence-corrected chi connectivity index (χ2v) is 9.98. The first kappa shape index (κ1) is 25.0. The van der Waals surface area contributed by atoms with E-state index in [2.05, 4.69) is 11.6 Å². The van der Waals surface area contributed by atoms with Gasteiger partial charge < -0.3 is 4.57 Å². The Morgan fingerprint density at radius 2 is 1.79 bits per heavy atom. The highest BCUT2D eigenvalue weighted by molar-refractivity contribution is 7.89. The van der Waals surface area contributed by atoms with Crippen molar-refractivity contribution in [2.24, 2.45) is 4.99 Å². The van der Waals surface area contributed by atoms with E-state index in [9.17, 15) is 17.6 Å². The van der Waals surface area contributed by atoms with Gasteiger partial charge in [0.15, 0.2) is 4.80 Å². The second kappa shape index (κ2) is 11.0. The lowest BCUT2D eigenvalue weighted by molar-refractivity contribution is 0.0997. The summed E-state index contributed by atoms with van der Waals surface area (Å²) in [5.41, 5.74) is 0.484. The number of nitriles is 2. The van der Waals surface area contributed by atoms with Crippen LogP contribution < -0.4 is 4.80 Å². The van der Waals surface area contributed by atoms with Crippen LogP contribution in [0.4, 0.5) is 4.39 Å². The first-order chi connectivity index (χ1) is 16.3. The predicted octanol–water partition coefficient (Wildman–Crippen LogP) is 3.59. The highest BCUT2D eigenvalue weighted by Gasteiger charge is 2.24. The van der Waals surface area contributed by atoms with Gasteiger partial charge in [0.05, 0.1) is 27.3 Å². The Labute approximate surface area is 200 Å². The predicted molar refractivity (Wildman–Crippen MR) is 126 cm³/mol. The van der Waals surface area contributed by atoms with Gasteiger partial charge in [-0.25, -0.2) is 12.8 Å². The number of hydrogen-bond acceptors (Lipinski definition) is 6. The van der Waals surface area contributed by atoms with E-state index in [-0.39, 0.29) is 42.9 Å². The average Bonchev–Trinajstić information content (AvgIpc) is 3.17. The van der Waals surface area contributed by atoms with Crippen LogP contribution in [-0.2, 0) is 16.6 Å². The number of halogens is 1. The molecule has 34 heavy (non-hydrogen) atoms. The fraction of sp³-hybridized carbons (Fsp3) is 0.217. The van der Waals surface area contributed by atoms with Crippen molar-refractivity contribution in [2.45, 2.75) is 24.3 Å². The molecule has 3 aromatic rings. The Kier molecular flexibility index (Phi) is 8.08. The van der Waals surface area contributed by atoms with E-state index < -0.39 is 21.7 Å². The van der Waals surface area contributed by atoms with Crippen LogP contribution in [0, 0.1) is 28.5 Å². The van der Waals surface area contributed by atoms with Gasteiger partial charge in [-0.05, 0) is 36.4 Å². The molecule has 0 atom stereocenters. The highest BCUT2D eigenvalue weighted by Crippen LogP contribution is 2.21. The van der Waals surface area contributed by atoms with Gasteiger partial charge in [0.2, 0.25) is 10.0 Å². The van der Waals surface area contributed by atoms with E-state index in [1.54, 1.807) is 22.8 Å². The van der Waals surface area contributed by atoms with Crippen molar-refractivity contribution in [2.75, 3.05) is 13.1 Å². The summed E-state index contributed by atoms with van der Waals surface area (Å²) in [6, 6.07) is 13.7. The molecule has 11 heteroatoms. The van der Waals surface area contributed by atoms with Crippen molar-refractivity contribution in [3.05, 3.63) is 71.3 Å². The van der Waals surface area contributed by atoms with Gasteiger partial charge in [0, 0.05) is 38.0 Å². The summed E-state index contributed by atoms with van der Waals surface area (Å²) >= 11 is 1.16. The summed E-state index contributed by atoms with van der Waals surface area (Å²) in [6.45, 7) is 3.85. The Balaban J connectivity index is 1.94. The summed E-state index contributed by atoms with van der Waals surface area (Å²) in [5, 5.41) is 17.6. The summed E-state index contributed by atoms with van der Waals surface area (Å²) in [6.07, 6.45) is 1.55. The van der Waals surface area contributed by atoms with Gasteiger partial charge in [-0.15, -0.1) is 6.58 Å². The monoisotopic (exact) mass is 497 g/mol. The molecule has 0 spiro atoms.